The standard InChI is InChI=1S/C12H12O4/c1-12(2)6-8-5-7(10(13)14)3-4-9(8)11(15)16-12/h3-5H,6H2,1-2H3,(H,13,14). The predicted octanol–water partition coefficient (Wildman–Crippen LogP) is 1.88. The van der Waals surface area contributed by atoms with Gasteiger partial charge in [-0.1, -0.05) is 0 Å². The molecule has 1 aliphatic heterocycles. The van der Waals surface area contributed by atoms with Gasteiger partial charge >= 0.3 is 11.9 Å². The third-order valence-corrected chi connectivity index (χ3v) is 2.56. The molecule has 0 bridgehead atoms. The van der Waals surface area contributed by atoms with Gasteiger partial charge in [0.2, 0.25) is 0 Å². The van der Waals surface area contributed by atoms with Crippen molar-refractivity contribution in [2.24, 2.45) is 0 Å². The Balaban J connectivity index is 2.50. The molecule has 0 aliphatic carbocycles. The number of cyclic esters (lactones) is 1. The van der Waals surface area contributed by atoms with Gasteiger partial charge in [-0.05, 0) is 37.6 Å². The van der Waals surface area contributed by atoms with Crippen LogP contribution in [0.5, 0.6) is 0 Å². The molecule has 0 saturated carbocycles. The molecule has 0 unspecified atom stereocenters. The summed E-state index contributed by atoms with van der Waals surface area (Å²) in [5, 5.41) is 8.87. The Kier molecular flexibility index (Phi) is 2.22. The van der Waals surface area contributed by atoms with Crippen LogP contribution < -0.4 is 0 Å². The molecule has 84 valence electrons. The Morgan fingerprint density at radius 1 is 1.44 bits per heavy atom. The van der Waals surface area contributed by atoms with Crippen LogP contribution in [0.25, 0.3) is 0 Å². The maximum Gasteiger partial charge on any atom is 0.338 e. The summed E-state index contributed by atoms with van der Waals surface area (Å²) < 4.78 is 5.21. The topological polar surface area (TPSA) is 63.6 Å². The molecule has 0 amide bonds. The molecule has 1 heterocycles. The smallest absolute Gasteiger partial charge is 0.338 e. The van der Waals surface area contributed by atoms with E-state index in [1.807, 2.05) is 0 Å². The first-order chi connectivity index (χ1) is 7.39. The molecule has 16 heavy (non-hydrogen) atoms. The Morgan fingerprint density at radius 2 is 2.12 bits per heavy atom. The summed E-state index contributed by atoms with van der Waals surface area (Å²) in [6, 6.07) is 4.47. The van der Waals surface area contributed by atoms with E-state index in [1.165, 1.54) is 12.1 Å². The first-order valence-electron chi connectivity index (χ1n) is 4.99. The van der Waals surface area contributed by atoms with E-state index in [0.717, 1.165) is 5.56 Å². The highest BCUT2D eigenvalue weighted by atomic mass is 16.6. The molecule has 2 rings (SSSR count). The average Bonchev–Trinajstić information content (AvgIpc) is 2.14. The number of benzene rings is 1. The Bertz CT molecular complexity index is 474. The van der Waals surface area contributed by atoms with Crippen molar-refractivity contribution in [3.63, 3.8) is 0 Å². The molecule has 1 aromatic carbocycles. The summed E-state index contributed by atoms with van der Waals surface area (Å²) in [6.07, 6.45) is 0.537. The summed E-state index contributed by atoms with van der Waals surface area (Å²) in [5.41, 5.74) is 0.830. The number of carbonyl (C=O) groups is 2. The molecule has 0 saturated heterocycles. The molecule has 0 atom stereocenters. The molecular weight excluding hydrogens is 208 g/mol. The van der Waals surface area contributed by atoms with E-state index >= 15 is 0 Å². The van der Waals surface area contributed by atoms with Crippen LogP contribution in [0.15, 0.2) is 18.2 Å². The fourth-order valence-electron chi connectivity index (χ4n) is 1.87. The minimum Gasteiger partial charge on any atom is -0.478 e. The molecule has 1 aliphatic rings. The van der Waals surface area contributed by atoms with E-state index in [1.54, 1.807) is 19.9 Å². The second kappa shape index (κ2) is 3.33. The summed E-state index contributed by atoms with van der Waals surface area (Å²) in [7, 11) is 0. The van der Waals surface area contributed by atoms with Gasteiger partial charge in [-0.3, -0.25) is 0 Å². The lowest BCUT2D eigenvalue weighted by atomic mass is 9.90. The summed E-state index contributed by atoms with van der Waals surface area (Å²) >= 11 is 0. The SMILES string of the molecule is CC1(C)Cc2cc(C(=O)O)ccc2C(=O)O1. The zero-order chi connectivity index (χ0) is 11.9. The zero-order valence-electron chi connectivity index (χ0n) is 9.11. The maximum atomic E-state index is 11.6. The fourth-order valence-corrected chi connectivity index (χ4v) is 1.87. The van der Waals surface area contributed by atoms with E-state index in [-0.39, 0.29) is 11.5 Å². The zero-order valence-corrected chi connectivity index (χ0v) is 9.11. The van der Waals surface area contributed by atoms with Gasteiger partial charge in [0.15, 0.2) is 0 Å². The van der Waals surface area contributed by atoms with Gasteiger partial charge in [-0.25, -0.2) is 9.59 Å². The van der Waals surface area contributed by atoms with E-state index in [4.69, 9.17) is 9.84 Å². The number of esters is 1. The number of fused-ring (bicyclic) bond motifs is 1. The van der Waals surface area contributed by atoms with Crippen molar-refractivity contribution in [2.45, 2.75) is 25.9 Å². The number of ether oxygens (including phenoxy) is 1. The Morgan fingerprint density at radius 3 is 2.75 bits per heavy atom. The second-order valence-electron chi connectivity index (χ2n) is 4.50. The van der Waals surface area contributed by atoms with E-state index in [2.05, 4.69) is 0 Å². The van der Waals surface area contributed by atoms with Gasteiger partial charge in [0.1, 0.15) is 5.60 Å². The number of hydrogen-bond acceptors (Lipinski definition) is 3. The fraction of sp³-hybridized carbons (Fsp3) is 0.333. The molecular formula is C12H12O4. The summed E-state index contributed by atoms with van der Waals surface area (Å²) in [4.78, 5) is 22.4. The number of hydrogen-bond donors (Lipinski definition) is 1. The van der Waals surface area contributed by atoms with Crippen molar-refractivity contribution < 1.29 is 19.4 Å². The molecule has 0 spiro atoms. The van der Waals surface area contributed by atoms with Gasteiger partial charge in [0.05, 0.1) is 11.1 Å². The molecule has 0 aromatic heterocycles. The van der Waals surface area contributed by atoms with E-state index in [9.17, 15) is 9.59 Å². The highest BCUT2D eigenvalue weighted by molar-refractivity contribution is 5.95. The van der Waals surface area contributed by atoms with Crippen molar-refractivity contribution in [1.29, 1.82) is 0 Å². The highest BCUT2D eigenvalue weighted by Gasteiger charge is 2.32. The second-order valence-corrected chi connectivity index (χ2v) is 4.50. The van der Waals surface area contributed by atoms with Crippen LogP contribution >= 0.6 is 0 Å². The summed E-state index contributed by atoms with van der Waals surface area (Å²) in [6.45, 7) is 3.61. The van der Waals surface area contributed by atoms with Crippen molar-refractivity contribution in [2.75, 3.05) is 0 Å². The van der Waals surface area contributed by atoms with Crippen molar-refractivity contribution in [1.82, 2.24) is 0 Å². The van der Waals surface area contributed by atoms with Gasteiger partial charge in [-0.2, -0.15) is 0 Å². The van der Waals surface area contributed by atoms with Gasteiger partial charge in [0, 0.05) is 6.42 Å². The number of rotatable bonds is 1. The first kappa shape index (κ1) is 10.7. The minimum atomic E-state index is -0.987. The Hall–Kier alpha value is -1.84. The van der Waals surface area contributed by atoms with Crippen LogP contribution in [-0.4, -0.2) is 22.6 Å². The highest BCUT2D eigenvalue weighted by Crippen LogP contribution is 2.28. The quantitative estimate of drug-likeness (QED) is 0.734. The normalized spacial score (nSPS) is 17.5. The van der Waals surface area contributed by atoms with Crippen LogP contribution in [-0.2, 0) is 11.2 Å². The van der Waals surface area contributed by atoms with Crippen LogP contribution in [0.3, 0.4) is 0 Å². The number of aromatic carboxylic acids is 1. The van der Waals surface area contributed by atoms with Crippen LogP contribution in [0.4, 0.5) is 0 Å². The van der Waals surface area contributed by atoms with Crippen LogP contribution in [0.2, 0.25) is 0 Å². The third kappa shape index (κ3) is 1.78. The van der Waals surface area contributed by atoms with E-state index in [0.29, 0.717) is 12.0 Å². The molecule has 0 fully saturated rings. The largest absolute Gasteiger partial charge is 0.478 e. The molecule has 1 N–H and O–H groups in total. The lowest BCUT2D eigenvalue weighted by Gasteiger charge is -2.31. The molecule has 0 radical (unpaired) electrons. The number of carbonyl (C=O) groups excluding carboxylic acids is 1. The number of carboxylic acid groups (broad SMARTS) is 1. The Labute approximate surface area is 92.8 Å². The van der Waals surface area contributed by atoms with Crippen molar-refractivity contribution in [3.8, 4) is 0 Å². The number of carboxylic acids is 1. The molecule has 4 nitrogen and oxygen atoms in total. The molecule has 4 heteroatoms. The van der Waals surface area contributed by atoms with Gasteiger partial charge in [0.25, 0.3) is 0 Å². The monoisotopic (exact) mass is 220 g/mol. The first-order valence-corrected chi connectivity index (χ1v) is 4.99. The lowest BCUT2D eigenvalue weighted by molar-refractivity contribution is -0.00654. The predicted molar refractivity (Wildman–Crippen MR) is 56.6 cm³/mol. The van der Waals surface area contributed by atoms with Crippen LogP contribution in [0, 0.1) is 0 Å². The minimum absolute atomic E-state index is 0.198. The summed E-state index contributed by atoms with van der Waals surface area (Å²) in [5.74, 6) is -1.37. The lowest BCUT2D eigenvalue weighted by Crippen LogP contribution is -2.36. The van der Waals surface area contributed by atoms with Crippen molar-refractivity contribution >= 4 is 11.9 Å². The molecule has 1 aromatic rings. The van der Waals surface area contributed by atoms with Gasteiger partial charge in [-0.15, -0.1) is 0 Å². The third-order valence-electron chi connectivity index (χ3n) is 2.56. The van der Waals surface area contributed by atoms with E-state index < -0.39 is 11.6 Å². The maximum absolute atomic E-state index is 11.6. The average molecular weight is 220 g/mol. The van der Waals surface area contributed by atoms with Gasteiger partial charge < -0.3 is 9.84 Å². The van der Waals surface area contributed by atoms with Crippen LogP contribution in [0.1, 0.15) is 40.1 Å². The van der Waals surface area contributed by atoms with Crippen molar-refractivity contribution in [3.05, 3.63) is 34.9 Å².